The summed E-state index contributed by atoms with van der Waals surface area (Å²) in [5.74, 6) is -0.164. The van der Waals surface area contributed by atoms with Gasteiger partial charge in [-0.25, -0.2) is 4.98 Å². The topological polar surface area (TPSA) is 54.0 Å². The molecule has 0 spiro atoms. The van der Waals surface area contributed by atoms with E-state index in [1.165, 1.54) is 22.6 Å². The fourth-order valence-electron chi connectivity index (χ4n) is 3.89. The fraction of sp³-hybridized carbons (Fsp3) is 0.200. The number of halogens is 4. The summed E-state index contributed by atoms with van der Waals surface area (Å²) in [7, 11) is 0. The van der Waals surface area contributed by atoms with Crippen molar-refractivity contribution in [3.8, 4) is 0 Å². The van der Waals surface area contributed by atoms with Crippen LogP contribution in [0, 0.1) is 0 Å². The molecule has 1 saturated carbocycles. The van der Waals surface area contributed by atoms with E-state index < -0.39 is 17.6 Å². The number of fused-ring (bicyclic) bond motifs is 1. The van der Waals surface area contributed by atoms with Gasteiger partial charge in [0.25, 0.3) is 5.91 Å². The first kappa shape index (κ1) is 24.2. The Labute approximate surface area is 204 Å². The van der Waals surface area contributed by atoms with E-state index in [4.69, 9.17) is 0 Å². The maximum atomic E-state index is 12.9. The summed E-state index contributed by atoms with van der Waals surface area (Å²) in [5.41, 5.74) is 0.841. The number of nitrogens with one attached hydrogen (secondary N) is 2. The summed E-state index contributed by atoms with van der Waals surface area (Å²) < 4.78 is 38.6. The van der Waals surface area contributed by atoms with Crippen LogP contribution in [0.5, 0.6) is 0 Å². The zero-order valence-electron chi connectivity index (χ0n) is 17.8. The molecule has 5 rings (SSSR count). The minimum atomic E-state index is -4.49. The lowest BCUT2D eigenvalue weighted by Crippen LogP contribution is -2.16. The summed E-state index contributed by atoms with van der Waals surface area (Å²) in [4.78, 5) is 19.0. The highest BCUT2D eigenvalue weighted by atomic mass is 35.5. The Morgan fingerprint density at radius 2 is 1.85 bits per heavy atom. The number of amides is 1. The zero-order chi connectivity index (χ0) is 23.0. The van der Waals surface area contributed by atoms with Gasteiger partial charge in [0.2, 0.25) is 0 Å². The predicted molar refractivity (Wildman–Crippen MR) is 131 cm³/mol. The molecule has 2 aromatic heterocycles. The van der Waals surface area contributed by atoms with Crippen LogP contribution in [0.15, 0.2) is 72.9 Å². The maximum absolute atomic E-state index is 12.9. The summed E-state index contributed by atoms with van der Waals surface area (Å²) in [6.07, 6.45) is -1.64. The number of benzene rings is 2. The van der Waals surface area contributed by atoms with Crippen molar-refractivity contribution in [3.63, 3.8) is 0 Å². The number of carbonyl (C=O) groups is 1. The van der Waals surface area contributed by atoms with Crippen LogP contribution in [0.1, 0.15) is 38.7 Å². The molecule has 0 bridgehead atoms. The van der Waals surface area contributed by atoms with E-state index in [0.717, 1.165) is 35.3 Å². The summed E-state index contributed by atoms with van der Waals surface area (Å²) in [5, 5.41) is 7.42. The van der Waals surface area contributed by atoms with E-state index in [2.05, 4.69) is 27.8 Å². The number of anilines is 1. The molecule has 4 aromatic rings. The SMILES string of the molecule is Cl.O=C(Nc1ccc(C2CC2NCc2cc3cccnc3s2)cc1)c1cccc(C(F)(F)F)c1. The first-order valence-corrected chi connectivity index (χ1v) is 11.3. The van der Waals surface area contributed by atoms with Crippen molar-refractivity contribution in [1.29, 1.82) is 0 Å². The van der Waals surface area contributed by atoms with Gasteiger partial charge in [-0.3, -0.25) is 4.79 Å². The highest BCUT2D eigenvalue weighted by molar-refractivity contribution is 7.18. The molecule has 1 aliphatic carbocycles. The van der Waals surface area contributed by atoms with Crippen LogP contribution in [0.4, 0.5) is 18.9 Å². The van der Waals surface area contributed by atoms with Crippen LogP contribution >= 0.6 is 23.7 Å². The minimum absolute atomic E-state index is 0. The Balaban J connectivity index is 0.00000274. The molecule has 2 heterocycles. The van der Waals surface area contributed by atoms with Crippen molar-refractivity contribution in [2.24, 2.45) is 0 Å². The normalized spacial score (nSPS) is 17.3. The number of hydrogen-bond donors (Lipinski definition) is 2. The number of thiophene rings is 1. The number of pyridine rings is 1. The molecule has 176 valence electrons. The summed E-state index contributed by atoms with van der Waals surface area (Å²) in [6.45, 7) is 0.799. The molecule has 2 atom stereocenters. The van der Waals surface area contributed by atoms with Crippen LogP contribution < -0.4 is 10.6 Å². The molecule has 2 N–H and O–H groups in total. The van der Waals surface area contributed by atoms with Crippen molar-refractivity contribution < 1.29 is 18.0 Å². The summed E-state index contributed by atoms with van der Waals surface area (Å²) in [6, 6.07) is 18.5. The minimum Gasteiger partial charge on any atom is -0.322 e. The average Bonchev–Trinajstić information content (AvgIpc) is 3.46. The third kappa shape index (κ3) is 5.41. The molecular formula is C25H21ClF3N3OS. The van der Waals surface area contributed by atoms with Crippen molar-refractivity contribution in [3.05, 3.63) is 94.5 Å². The number of nitrogens with zero attached hydrogens (tertiary/aromatic N) is 1. The van der Waals surface area contributed by atoms with Gasteiger partial charge in [-0.05, 0) is 54.4 Å². The van der Waals surface area contributed by atoms with E-state index in [-0.39, 0.29) is 18.0 Å². The third-order valence-electron chi connectivity index (χ3n) is 5.72. The third-order valence-corrected chi connectivity index (χ3v) is 6.78. The number of hydrogen-bond acceptors (Lipinski definition) is 4. The van der Waals surface area contributed by atoms with Crippen molar-refractivity contribution in [2.45, 2.75) is 31.1 Å². The maximum Gasteiger partial charge on any atom is 0.416 e. The van der Waals surface area contributed by atoms with Crippen LogP contribution in [0.3, 0.4) is 0 Å². The molecule has 1 fully saturated rings. The standard InChI is InChI=1S/C25H20F3N3OS.ClH/c26-25(27,28)18-5-1-3-16(11-18)23(32)31-19-8-6-15(7-9-19)21-13-22(21)30-14-20-12-17-4-2-10-29-24(17)33-20;/h1-12,21-22,30H,13-14H2,(H,31,32);1H. The van der Waals surface area contributed by atoms with E-state index in [9.17, 15) is 18.0 Å². The predicted octanol–water partition coefficient (Wildman–Crippen LogP) is 6.63. The lowest BCUT2D eigenvalue weighted by atomic mass is 10.1. The largest absolute Gasteiger partial charge is 0.416 e. The second kappa shape index (κ2) is 9.74. The molecule has 34 heavy (non-hydrogen) atoms. The van der Waals surface area contributed by atoms with Crippen molar-refractivity contribution >= 4 is 45.6 Å². The van der Waals surface area contributed by atoms with Gasteiger partial charge in [-0.15, -0.1) is 23.7 Å². The second-order valence-electron chi connectivity index (χ2n) is 8.09. The van der Waals surface area contributed by atoms with Gasteiger partial charge in [-0.2, -0.15) is 13.2 Å². The number of aromatic nitrogens is 1. The number of rotatable bonds is 6. The Morgan fingerprint density at radius 1 is 1.06 bits per heavy atom. The van der Waals surface area contributed by atoms with Crippen LogP contribution in [0.2, 0.25) is 0 Å². The molecule has 1 amide bonds. The molecule has 9 heteroatoms. The van der Waals surface area contributed by atoms with E-state index in [1.54, 1.807) is 29.7 Å². The Hall–Kier alpha value is -2.94. The zero-order valence-corrected chi connectivity index (χ0v) is 19.4. The van der Waals surface area contributed by atoms with E-state index in [0.29, 0.717) is 17.6 Å². The van der Waals surface area contributed by atoms with Gasteiger partial charge in [0.1, 0.15) is 4.83 Å². The first-order valence-electron chi connectivity index (χ1n) is 10.5. The molecule has 4 nitrogen and oxygen atoms in total. The van der Waals surface area contributed by atoms with Crippen molar-refractivity contribution in [2.75, 3.05) is 5.32 Å². The average molecular weight is 504 g/mol. The molecule has 1 aliphatic rings. The Kier molecular flexibility index (Phi) is 6.93. The second-order valence-corrected chi connectivity index (χ2v) is 9.21. The molecule has 2 aromatic carbocycles. The molecule has 0 saturated heterocycles. The van der Waals surface area contributed by atoms with Gasteiger partial charge in [0.15, 0.2) is 0 Å². The lowest BCUT2D eigenvalue weighted by molar-refractivity contribution is -0.137. The molecular weight excluding hydrogens is 483 g/mol. The van der Waals surface area contributed by atoms with Crippen LogP contribution in [-0.2, 0) is 12.7 Å². The fourth-order valence-corrected chi connectivity index (χ4v) is 4.84. The lowest BCUT2D eigenvalue weighted by Gasteiger charge is -2.10. The van der Waals surface area contributed by atoms with E-state index in [1.807, 2.05) is 18.2 Å². The molecule has 0 radical (unpaired) electrons. The highest BCUT2D eigenvalue weighted by Crippen LogP contribution is 2.41. The monoisotopic (exact) mass is 503 g/mol. The number of alkyl halides is 3. The summed E-state index contributed by atoms with van der Waals surface area (Å²) >= 11 is 1.70. The van der Waals surface area contributed by atoms with Gasteiger partial charge in [0, 0.05) is 46.2 Å². The first-order chi connectivity index (χ1) is 15.9. The van der Waals surface area contributed by atoms with Gasteiger partial charge < -0.3 is 10.6 Å². The molecule has 0 aliphatic heterocycles. The highest BCUT2D eigenvalue weighted by Gasteiger charge is 2.37. The number of carbonyl (C=O) groups excluding carboxylic acids is 1. The van der Waals surface area contributed by atoms with Crippen molar-refractivity contribution in [1.82, 2.24) is 10.3 Å². The van der Waals surface area contributed by atoms with Crippen LogP contribution in [-0.4, -0.2) is 16.9 Å². The van der Waals surface area contributed by atoms with Gasteiger partial charge >= 0.3 is 6.18 Å². The molecule has 2 unspecified atom stereocenters. The van der Waals surface area contributed by atoms with Gasteiger partial charge in [0.05, 0.1) is 5.56 Å². The van der Waals surface area contributed by atoms with Crippen LogP contribution in [0.25, 0.3) is 10.2 Å². The van der Waals surface area contributed by atoms with E-state index >= 15 is 0 Å². The quantitative estimate of drug-likeness (QED) is 0.310. The van der Waals surface area contributed by atoms with Gasteiger partial charge in [-0.1, -0.05) is 24.3 Å². The Morgan fingerprint density at radius 3 is 2.59 bits per heavy atom. The Bertz CT molecular complexity index is 1270. The smallest absolute Gasteiger partial charge is 0.322 e.